The van der Waals surface area contributed by atoms with E-state index in [1.165, 1.54) is 75.3 Å². The van der Waals surface area contributed by atoms with E-state index >= 15 is 0 Å². The number of unbranched alkanes of at least 4 members (excludes halogenated alkanes) is 10. The van der Waals surface area contributed by atoms with Crippen molar-refractivity contribution in [2.45, 2.75) is 117 Å². The molecule has 0 radical (unpaired) electrons. The van der Waals surface area contributed by atoms with Crippen molar-refractivity contribution in [1.82, 2.24) is 0 Å². The Morgan fingerprint density at radius 2 is 0.889 bits per heavy atom. The summed E-state index contributed by atoms with van der Waals surface area (Å²) < 4.78 is 11.7. The number of rotatable bonds is 22. The third kappa shape index (κ3) is 14.3. The zero-order valence-electron chi connectivity index (χ0n) is 23.1. The summed E-state index contributed by atoms with van der Waals surface area (Å²) in [5.74, 6) is 2.18. The van der Waals surface area contributed by atoms with Gasteiger partial charge in [0.2, 0.25) is 0 Å². The third-order valence-corrected chi connectivity index (χ3v) is 6.76. The van der Waals surface area contributed by atoms with E-state index in [-0.39, 0.29) is 0 Å². The highest BCUT2D eigenvalue weighted by Crippen LogP contribution is 2.17. The number of Topliss-reactive ketones (excluding diaryl/α,β-unsaturated/α-hetero) is 1. The second-order valence-corrected chi connectivity index (χ2v) is 10.1. The molecule has 2 rings (SSSR count). The van der Waals surface area contributed by atoms with E-state index in [1.807, 2.05) is 24.3 Å². The fraction of sp³-hybridized carbons (Fsp3) is 0.606. The van der Waals surface area contributed by atoms with E-state index in [2.05, 4.69) is 38.1 Å². The standard InChI is InChI=1S/C33H50O3/c1-3-5-7-9-11-13-27-35-32-23-17-29(18-24-32)15-21-31(34)22-16-30-19-25-33(26-20-30)36-28-14-12-10-8-6-4-2/h17-20,23-26H,3-16,21-22,27-28H2,1-2H3. The Kier molecular flexibility index (Phi) is 16.5. The maximum Gasteiger partial charge on any atom is 0.133 e. The Morgan fingerprint density at radius 3 is 1.28 bits per heavy atom. The van der Waals surface area contributed by atoms with Crippen LogP contribution in [0.25, 0.3) is 0 Å². The van der Waals surface area contributed by atoms with Crippen molar-refractivity contribution in [3.05, 3.63) is 59.7 Å². The summed E-state index contributed by atoms with van der Waals surface area (Å²) in [6.45, 7) is 6.07. The molecule has 0 aliphatic carbocycles. The van der Waals surface area contributed by atoms with Crippen LogP contribution in [0.5, 0.6) is 11.5 Å². The number of ether oxygens (including phenoxy) is 2. The molecule has 2 aromatic carbocycles. The highest BCUT2D eigenvalue weighted by atomic mass is 16.5. The van der Waals surface area contributed by atoms with Gasteiger partial charge in [0.15, 0.2) is 0 Å². The Morgan fingerprint density at radius 1 is 0.528 bits per heavy atom. The number of ketones is 1. The molecule has 2 aromatic rings. The summed E-state index contributed by atoms with van der Waals surface area (Å²) in [7, 11) is 0. The second kappa shape index (κ2) is 19.8. The van der Waals surface area contributed by atoms with Gasteiger partial charge in [0, 0.05) is 12.8 Å². The normalized spacial score (nSPS) is 10.9. The summed E-state index contributed by atoms with van der Waals surface area (Å²) in [6, 6.07) is 16.5. The maximum atomic E-state index is 12.4. The van der Waals surface area contributed by atoms with Gasteiger partial charge in [0.25, 0.3) is 0 Å². The minimum atomic E-state index is 0.321. The first-order chi connectivity index (χ1) is 17.7. The molecule has 0 fully saturated rings. The number of aryl methyl sites for hydroxylation is 2. The van der Waals surface area contributed by atoms with Gasteiger partial charge in [0.05, 0.1) is 13.2 Å². The van der Waals surface area contributed by atoms with Crippen molar-refractivity contribution in [3.63, 3.8) is 0 Å². The lowest BCUT2D eigenvalue weighted by Crippen LogP contribution is -2.03. The highest BCUT2D eigenvalue weighted by molar-refractivity contribution is 5.78. The summed E-state index contributed by atoms with van der Waals surface area (Å²) >= 11 is 0. The molecule has 0 N–H and O–H groups in total. The molecule has 0 amide bonds. The fourth-order valence-electron chi connectivity index (χ4n) is 4.34. The quantitative estimate of drug-likeness (QED) is 0.153. The van der Waals surface area contributed by atoms with E-state index in [0.717, 1.165) is 50.4 Å². The molecule has 0 spiro atoms. The molecule has 0 aromatic heterocycles. The predicted octanol–water partition coefficient (Wildman–Crippen LogP) is 9.30. The van der Waals surface area contributed by atoms with Gasteiger partial charge < -0.3 is 9.47 Å². The van der Waals surface area contributed by atoms with Crippen LogP contribution < -0.4 is 9.47 Å². The lowest BCUT2D eigenvalue weighted by atomic mass is 10.0. The highest BCUT2D eigenvalue weighted by Gasteiger charge is 2.05. The maximum absolute atomic E-state index is 12.4. The first-order valence-corrected chi connectivity index (χ1v) is 14.7. The van der Waals surface area contributed by atoms with Gasteiger partial charge in [-0.25, -0.2) is 0 Å². The van der Waals surface area contributed by atoms with E-state index in [4.69, 9.17) is 9.47 Å². The zero-order valence-corrected chi connectivity index (χ0v) is 23.1. The Hall–Kier alpha value is -2.29. The molecule has 0 aliphatic rings. The molecule has 0 bridgehead atoms. The number of carbonyl (C=O) groups is 1. The minimum absolute atomic E-state index is 0.321. The van der Waals surface area contributed by atoms with Crippen molar-refractivity contribution >= 4 is 5.78 Å². The smallest absolute Gasteiger partial charge is 0.133 e. The molecule has 200 valence electrons. The average molecular weight is 495 g/mol. The van der Waals surface area contributed by atoms with E-state index in [0.29, 0.717) is 18.6 Å². The zero-order chi connectivity index (χ0) is 25.7. The van der Waals surface area contributed by atoms with Crippen LogP contribution in [-0.2, 0) is 17.6 Å². The van der Waals surface area contributed by atoms with Gasteiger partial charge >= 0.3 is 0 Å². The lowest BCUT2D eigenvalue weighted by molar-refractivity contribution is -0.119. The van der Waals surface area contributed by atoms with Gasteiger partial charge in [0.1, 0.15) is 17.3 Å². The van der Waals surface area contributed by atoms with Crippen LogP contribution in [0, 0.1) is 0 Å². The first kappa shape index (κ1) is 29.9. The van der Waals surface area contributed by atoms with Gasteiger partial charge in [-0.05, 0) is 61.1 Å². The number of hydrogen-bond acceptors (Lipinski definition) is 3. The SMILES string of the molecule is CCCCCCCCOc1ccc(CCC(=O)CCc2ccc(OCCCCCCCC)cc2)cc1. The molecule has 0 atom stereocenters. The summed E-state index contributed by atoms with van der Waals surface area (Å²) in [5.41, 5.74) is 2.39. The van der Waals surface area contributed by atoms with Crippen molar-refractivity contribution < 1.29 is 14.3 Å². The third-order valence-electron chi connectivity index (χ3n) is 6.76. The van der Waals surface area contributed by atoms with Crippen molar-refractivity contribution in [2.24, 2.45) is 0 Å². The van der Waals surface area contributed by atoms with Crippen molar-refractivity contribution in [3.8, 4) is 11.5 Å². The molecule has 0 aliphatic heterocycles. The van der Waals surface area contributed by atoms with Crippen LogP contribution >= 0.6 is 0 Å². The molecule has 36 heavy (non-hydrogen) atoms. The van der Waals surface area contributed by atoms with Gasteiger partial charge in [-0.3, -0.25) is 4.79 Å². The van der Waals surface area contributed by atoms with Crippen LogP contribution in [0.2, 0.25) is 0 Å². The monoisotopic (exact) mass is 494 g/mol. The van der Waals surface area contributed by atoms with Crippen LogP contribution in [0.4, 0.5) is 0 Å². The molecule has 0 heterocycles. The van der Waals surface area contributed by atoms with Crippen molar-refractivity contribution in [1.29, 1.82) is 0 Å². The van der Waals surface area contributed by atoms with Crippen LogP contribution in [0.15, 0.2) is 48.5 Å². The average Bonchev–Trinajstić information content (AvgIpc) is 2.91. The van der Waals surface area contributed by atoms with E-state index in [9.17, 15) is 4.79 Å². The Balaban J connectivity index is 1.55. The number of benzene rings is 2. The lowest BCUT2D eigenvalue weighted by Gasteiger charge is -2.08. The second-order valence-electron chi connectivity index (χ2n) is 10.1. The van der Waals surface area contributed by atoms with E-state index in [1.54, 1.807) is 0 Å². The molecule has 3 heteroatoms. The topological polar surface area (TPSA) is 35.5 Å². The summed E-state index contributed by atoms with van der Waals surface area (Å²) in [5, 5.41) is 0. The first-order valence-electron chi connectivity index (χ1n) is 14.7. The molecule has 0 unspecified atom stereocenters. The Labute approximate surface area is 221 Å². The minimum Gasteiger partial charge on any atom is -0.494 e. The molecule has 0 saturated heterocycles. The molecular formula is C33H50O3. The molecule has 3 nitrogen and oxygen atoms in total. The number of hydrogen-bond donors (Lipinski definition) is 0. The van der Waals surface area contributed by atoms with Gasteiger partial charge in [-0.1, -0.05) is 102 Å². The predicted molar refractivity (Wildman–Crippen MR) is 152 cm³/mol. The van der Waals surface area contributed by atoms with E-state index < -0.39 is 0 Å². The Bertz CT molecular complexity index is 727. The summed E-state index contributed by atoms with van der Waals surface area (Å²) in [4.78, 5) is 12.4. The molecular weight excluding hydrogens is 444 g/mol. The summed E-state index contributed by atoms with van der Waals surface area (Å²) in [6.07, 6.45) is 18.1. The largest absolute Gasteiger partial charge is 0.494 e. The van der Waals surface area contributed by atoms with Crippen LogP contribution in [-0.4, -0.2) is 19.0 Å². The van der Waals surface area contributed by atoms with Crippen LogP contribution in [0.1, 0.15) is 115 Å². The fourth-order valence-corrected chi connectivity index (χ4v) is 4.34. The molecule has 0 saturated carbocycles. The van der Waals surface area contributed by atoms with Gasteiger partial charge in [-0.2, -0.15) is 0 Å². The van der Waals surface area contributed by atoms with Crippen LogP contribution in [0.3, 0.4) is 0 Å². The van der Waals surface area contributed by atoms with Crippen molar-refractivity contribution in [2.75, 3.05) is 13.2 Å². The number of carbonyl (C=O) groups excluding carboxylic acids is 1. The van der Waals surface area contributed by atoms with Gasteiger partial charge in [-0.15, -0.1) is 0 Å².